The number of halogens is 4. The Labute approximate surface area is 263 Å². The van der Waals surface area contributed by atoms with Gasteiger partial charge in [0.15, 0.2) is 13.2 Å². The number of imide groups is 1. The number of anilines is 2. The van der Waals surface area contributed by atoms with E-state index in [1.807, 2.05) is 0 Å². The Morgan fingerprint density at radius 3 is 1.74 bits per heavy atom. The molecule has 222 valence electrons. The summed E-state index contributed by atoms with van der Waals surface area (Å²) in [6, 6.07) is 11.0. The predicted octanol–water partition coefficient (Wildman–Crippen LogP) is 5.26. The molecule has 2 N–H and O–H groups in total. The smallest absolute Gasteiger partial charge is 0.338 e. The molecular formula is C28H19Cl4N3O8. The van der Waals surface area contributed by atoms with E-state index in [0.717, 1.165) is 6.07 Å². The lowest BCUT2D eigenvalue weighted by Gasteiger charge is -2.20. The first-order valence-corrected chi connectivity index (χ1v) is 13.7. The monoisotopic (exact) mass is 665 g/mol. The van der Waals surface area contributed by atoms with E-state index >= 15 is 0 Å². The number of rotatable bonds is 9. The van der Waals surface area contributed by atoms with E-state index in [-0.39, 0.29) is 31.8 Å². The molecule has 0 saturated heterocycles. The van der Waals surface area contributed by atoms with E-state index in [9.17, 15) is 28.8 Å². The largest absolute Gasteiger partial charge is 0.454 e. The maximum Gasteiger partial charge on any atom is 0.338 e. The fourth-order valence-corrected chi connectivity index (χ4v) is 4.45. The number of ether oxygens (including phenoxy) is 2. The third-order valence-electron chi connectivity index (χ3n) is 5.97. The molecule has 0 aliphatic carbocycles. The molecule has 11 nitrogen and oxygen atoms in total. The van der Waals surface area contributed by atoms with E-state index in [1.165, 1.54) is 55.5 Å². The Morgan fingerprint density at radius 2 is 1.21 bits per heavy atom. The van der Waals surface area contributed by atoms with Crippen LogP contribution in [-0.2, 0) is 23.9 Å². The lowest BCUT2D eigenvalue weighted by molar-refractivity contribution is -0.150. The summed E-state index contributed by atoms with van der Waals surface area (Å²) in [6.07, 6.45) is 0. The molecule has 15 heteroatoms. The van der Waals surface area contributed by atoms with Crippen molar-refractivity contribution in [1.29, 1.82) is 0 Å². The number of hydrogen-bond donors (Lipinski definition) is 2. The van der Waals surface area contributed by atoms with Gasteiger partial charge in [-0.3, -0.25) is 24.1 Å². The highest BCUT2D eigenvalue weighted by Crippen LogP contribution is 2.28. The zero-order valence-corrected chi connectivity index (χ0v) is 24.9. The second kappa shape index (κ2) is 13.4. The molecule has 43 heavy (non-hydrogen) atoms. The Balaban J connectivity index is 1.33. The van der Waals surface area contributed by atoms with Gasteiger partial charge in [0.05, 0.1) is 36.8 Å². The van der Waals surface area contributed by atoms with Crippen molar-refractivity contribution in [3.63, 3.8) is 0 Å². The SMILES string of the molecule is CC(C(=O)OCC(=O)Nc1ccc(Cl)c(Cl)c1)N1C(=O)c2ccc(C(=O)OCC(=O)Nc3ccc(Cl)c(Cl)c3)cc2C1=O. The molecule has 1 atom stereocenters. The van der Waals surface area contributed by atoms with Gasteiger partial charge in [0.25, 0.3) is 23.6 Å². The van der Waals surface area contributed by atoms with Crippen LogP contribution in [0.3, 0.4) is 0 Å². The van der Waals surface area contributed by atoms with Crippen molar-refractivity contribution in [2.45, 2.75) is 13.0 Å². The first-order valence-electron chi connectivity index (χ1n) is 12.2. The summed E-state index contributed by atoms with van der Waals surface area (Å²) in [5.41, 5.74) is 0.313. The van der Waals surface area contributed by atoms with Crippen molar-refractivity contribution >= 4 is 93.3 Å². The van der Waals surface area contributed by atoms with Gasteiger partial charge in [-0.1, -0.05) is 46.4 Å². The van der Waals surface area contributed by atoms with Crippen LogP contribution >= 0.6 is 46.4 Å². The summed E-state index contributed by atoms with van der Waals surface area (Å²) >= 11 is 23.5. The normalized spacial score (nSPS) is 12.8. The lowest BCUT2D eigenvalue weighted by Crippen LogP contribution is -2.44. The molecule has 4 amide bonds. The van der Waals surface area contributed by atoms with Crippen molar-refractivity contribution in [3.05, 3.63) is 91.4 Å². The fraction of sp³-hybridized carbons (Fsp3) is 0.143. The second-order valence-corrected chi connectivity index (χ2v) is 10.6. The summed E-state index contributed by atoms with van der Waals surface area (Å²) in [7, 11) is 0. The molecule has 3 aromatic rings. The zero-order chi connectivity index (χ0) is 31.4. The van der Waals surface area contributed by atoms with Crippen molar-refractivity contribution in [2.75, 3.05) is 23.8 Å². The molecule has 1 aliphatic heterocycles. The summed E-state index contributed by atoms with van der Waals surface area (Å²) < 4.78 is 10.0. The van der Waals surface area contributed by atoms with Gasteiger partial charge in [0.1, 0.15) is 6.04 Å². The molecule has 4 rings (SSSR count). The van der Waals surface area contributed by atoms with Crippen LogP contribution in [0.15, 0.2) is 54.6 Å². The predicted molar refractivity (Wildman–Crippen MR) is 158 cm³/mol. The summed E-state index contributed by atoms with van der Waals surface area (Å²) in [6.45, 7) is -0.111. The van der Waals surface area contributed by atoms with Crippen molar-refractivity contribution in [1.82, 2.24) is 4.90 Å². The van der Waals surface area contributed by atoms with E-state index in [4.69, 9.17) is 55.9 Å². The Hall–Kier alpha value is -4.16. The molecule has 0 fully saturated rings. The number of fused-ring (bicyclic) bond motifs is 1. The number of amides is 4. The Kier molecular flexibility index (Phi) is 9.92. The molecule has 0 radical (unpaired) electrons. The third-order valence-corrected chi connectivity index (χ3v) is 7.45. The third kappa shape index (κ3) is 7.44. The quantitative estimate of drug-likeness (QED) is 0.232. The average molecular weight is 667 g/mol. The summed E-state index contributed by atoms with van der Waals surface area (Å²) in [4.78, 5) is 76.1. The molecule has 0 aromatic heterocycles. The number of benzene rings is 3. The van der Waals surface area contributed by atoms with Crippen molar-refractivity contribution in [3.8, 4) is 0 Å². The van der Waals surface area contributed by atoms with Crippen LogP contribution in [0, 0.1) is 0 Å². The van der Waals surface area contributed by atoms with Gasteiger partial charge in [-0.05, 0) is 61.5 Å². The number of nitrogens with zero attached hydrogens (tertiary/aromatic N) is 1. The van der Waals surface area contributed by atoms with Crippen LogP contribution < -0.4 is 10.6 Å². The van der Waals surface area contributed by atoms with Gasteiger partial charge in [0.2, 0.25) is 0 Å². The van der Waals surface area contributed by atoms with E-state index in [1.54, 1.807) is 0 Å². The fourth-order valence-electron chi connectivity index (χ4n) is 3.86. The summed E-state index contributed by atoms with van der Waals surface area (Å²) in [5, 5.41) is 5.97. The molecule has 0 spiro atoms. The van der Waals surface area contributed by atoms with Crippen LogP contribution in [0.4, 0.5) is 11.4 Å². The topological polar surface area (TPSA) is 148 Å². The van der Waals surface area contributed by atoms with Crippen LogP contribution in [0.5, 0.6) is 0 Å². The van der Waals surface area contributed by atoms with Crippen LogP contribution in [0.2, 0.25) is 20.1 Å². The Bertz CT molecular complexity index is 1680. The van der Waals surface area contributed by atoms with Gasteiger partial charge < -0.3 is 20.1 Å². The van der Waals surface area contributed by atoms with Gasteiger partial charge in [-0.15, -0.1) is 0 Å². The van der Waals surface area contributed by atoms with Crippen molar-refractivity contribution in [2.24, 2.45) is 0 Å². The highest BCUT2D eigenvalue weighted by atomic mass is 35.5. The van der Waals surface area contributed by atoms with Crippen molar-refractivity contribution < 1.29 is 38.2 Å². The highest BCUT2D eigenvalue weighted by molar-refractivity contribution is 6.42. The first-order chi connectivity index (χ1) is 20.3. The maximum absolute atomic E-state index is 13.0. The number of hydrogen-bond acceptors (Lipinski definition) is 8. The molecule has 0 bridgehead atoms. The number of nitrogens with one attached hydrogen (secondary N) is 2. The minimum Gasteiger partial charge on any atom is -0.454 e. The van der Waals surface area contributed by atoms with Crippen LogP contribution in [0.1, 0.15) is 38.0 Å². The van der Waals surface area contributed by atoms with Gasteiger partial charge in [-0.25, -0.2) is 9.59 Å². The zero-order valence-electron chi connectivity index (χ0n) is 21.9. The average Bonchev–Trinajstić information content (AvgIpc) is 3.22. The second-order valence-electron chi connectivity index (χ2n) is 8.95. The molecule has 3 aromatic carbocycles. The van der Waals surface area contributed by atoms with Gasteiger partial charge in [0, 0.05) is 11.4 Å². The highest BCUT2D eigenvalue weighted by Gasteiger charge is 2.42. The molecule has 1 unspecified atom stereocenters. The standard InChI is InChI=1S/C28H19Cl4N3O8/c1-13(27(40)42-11-23(36)33-15-3-6-19(29)21(31)9-15)35-25(38)17-5-2-14(8-18(17)26(35)39)28(41)43-12-24(37)34-16-4-7-20(30)22(32)10-16/h2-10,13H,11-12H2,1H3,(H,33,36)(H,34,37). The number of esters is 2. The molecule has 0 saturated carbocycles. The lowest BCUT2D eigenvalue weighted by atomic mass is 10.1. The van der Waals surface area contributed by atoms with Crippen LogP contribution in [-0.4, -0.2) is 59.7 Å². The first kappa shape index (κ1) is 31.8. The molecule has 1 heterocycles. The van der Waals surface area contributed by atoms with Gasteiger partial charge in [-0.2, -0.15) is 0 Å². The minimum atomic E-state index is -1.40. The van der Waals surface area contributed by atoms with E-state index in [0.29, 0.717) is 21.3 Å². The number of carbonyl (C=O) groups excluding carboxylic acids is 6. The summed E-state index contributed by atoms with van der Waals surface area (Å²) in [5.74, 6) is -4.99. The van der Waals surface area contributed by atoms with E-state index < -0.39 is 54.8 Å². The molecule has 1 aliphatic rings. The minimum absolute atomic E-state index is 0.0593. The molecular weight excluding hydrogens is 648 g/mol. The van der Waals surface area contributed by atoms with Gasteiger partial charge >= 0.3 is 11.9 Å². The Morgan fingerprint density at radius 1 is 0.698 bits per heavy atom. The van der Waals surface area contributed by atoms with E-state index in [2.05, 4.69) is 10.6 Å². The number of carbonyl (C=O) groups is 6. The van der Waals surface area contributed by atoms with Crippen LogP contribution in [0.25, 0.3) is 0 Å². The maximum atomic E-state index is 13.0.